The normalized spacial score (nSPS) is 20.0. The lowest BCUT2D eigenvalue weighted by molar-refractivity contribution is -0.118. The number of fused-ring (bicyclic) bond motifs is 1. The number of Topliss-reactive ketones (excluding diaryl/α,β-unsaturated/α-hetero) is 1. The Kier molecular flexibility index (Phi) is 4.45. The van der Waals surface area contributed by atoms with Gasteiger partial charge in [-0.1, -0.05) is 13.8 Å². The van der Waals surface area contributed by atoms with E-state index >= 15 is 0 Å². The van der Waals surface area contributed by atoms with E-state index in [1.807, 2.05) is 13.8 Å². The van der Waals surface area contributed by atoms with Gasteiger partial charge in [-0.15, -0.1) is 0 Å². The van der Waals surface area contributed by atoms with Gasteiger partial charge in [0, 0.05) is 23.6 Å². The highest BCUT2D eigenvalue weighted by atomic mass is 79.9. The SMILES string of the molecule is COc1cc(C2C3=C(CC(C)(C)CC3=O)Nc3[nH]c(=O)[nH]c(=O)c32)cc(Br)c1O. The zero-order valence-electron chi connectivity index (χ0n) is 16.1. The zero-order chi connectivity index (χ0) is 21.1. The smallest absolute Gasteiger partial charge is 0.327 e. The van der Waals surface area contributed by atoms with Crippen molar-refractivity contribution in [2.24, 2.45) is 5.41 Å². The fraction of sp³-hybridized carbons (Fsp3) is 0.350. The van der Waals surface area contributed by atoms with Crippen LogP contribution in [-0.2, 0) is 4.79 Å². The van der Waals surface area contributed by atoms with Crippen LogP contribution in [0.2, 0.25) is 0 Å². The minimum absolute atomic E-state index is 0.0619. The van der Waals surface area contributed by atoms with Gasteiger partial charge in [-0.05, 0) is 45.5 Å². The summed E-state index contributed by atoms with van der Waals surface area (Å²) in [5.41, 5.74) is 0.564. The molecule has 152 valence electrons. The number of methoxy groups -OCH3 is 1. The van der Waals surface area contributed by atoms with Gasteiger partial charge in [0.2, 0.25) is 0 Å². The Morgan fingerprint density at radius 3 is 2.59 bits per heavy atom. The highest BCUT2D eigenvalue weighted by Crippen LogP contribution is 2.49. The first kappa shape index (κ1) is 19.5. The first-order chi connectivity index (χ1) is 13.6. The molecule has 0 amide bonds. The third kappa shape index (κ3) is 3.19. The molecule has 0 spiro atoms. The molecule has 0 radical (unpaired) electrons. The van der Waals surface area contributed by atoms with Crippen molar-refractivity contribution in [3.63, 3.8) is 0 Å². The predicted octanol–water partition coefficient (Wildman–Crippen LogP) is 2.74. The third-order valence-corrected chi connectivity index (χ3v) is 5.96. The average molecular weight is 462 g/mol. The maximum Gasteiger partial charge on any atom is 0.327 e. The molecule has 1 aliphatic heterocycles. The highest BCUT2D eigenvalue weighted by Gasteiger charge is 2.42. The molecule has 4 rings (SSSR count). The monoisotopic (exact) mass is 461 g/mol. The Morgan fingerprint density at radius 1 is 1.17 bits per heavy atom. The second kappa shape index (κ2) is 6.62. The van der Waals surface area contributed by atoms with Crippen LogP contribution in [0.1, 0.15) is 43.7 Å². The number of nitrogens with one attached hydrogen (secondary N) is 3. The molecule has 1 aliphatic carbocycles. The van der Waals surface area contributed by atoms with Crippen molar-refractivity contribution in [1.29, 1.82) is 0 Å². The molecule has 0 fully saturated rings. The van der Waals surface area contributed by atoms with Gasteiger partial charge in [-0.3, -0.25) is 19.6 Å². The molecule has 0 saturated carbocycles. The summed E-state index contributed by atoms with van der Waals surface area (Å²) in [5, 5.41) is 13.3. The Hall–Kier alpha value is -2.81. The van der Waals surface area contributed by atoms with Gasteiger partial charge in [0.05, 0.1) is 17.1 Å². The largest absolute Gasteiger partial charge is 0.503 e. The van der Waals surface area contributed by atoms with Crippen LogP contribution in [0.5, 0.6) is 11.5 Å². The number of phenolic OH excluding ortho intramolecular Hbond substituents is 1. The van der Waals surface area contributed by atoms with E-state index < -0.39 is 17.2 Å². The molecule has 1 atom stereocenters. The van der Waals surface area contributed by atoms with E-state index in [2.05, 4.69) is 31.2 Å². The number of ketones is 1. The number of hydrogen-bond donors (Lipinski definition) is 4. The Balaban J connectivity index is 2.04. The fourth-order valence-corrected chi connectivity index (χ4v) is 4.66. The second-order valence-corrected chi connectivity index (χ2v) is 9.00. The molecule has 8 nitrogen and oxygen atoms in total. The van der Waals surface area contributed by atoms with Crippen LogP contribution in [0.15, 0.2) is 37.5 Å². The van der Waals surface area contributed by atoms with Crippen molar-refractivity contribution in [3.8, 4) is 11.5 Å². The number of benzene rings is 1. The van der Waals surface area contributed by atoms with E-state index in [1.165, 1.54) is 7.11 Å². The lowest BCUT2D eigenvalue weighted by atomic mass is 9.69. The van der Waals surface area contributed by atoms with Crippen LogP contribution in [0, 0.1) is 5.41 Å². The van der Waals surface area contributed by atoms with Crippen molar-refractivity contribution in [2.75, 3.05) is 12.4 Å². The number of hydrogen-bond acceptors (Lipinski definition) is 6. The molecule has 1 aromatic heterocycles. The van der Waals surface area contributed by atoms with Gasteiger partial charge >= 0.3 is 5.69 Å². The summed E-state index contributed by atoms with van der Waals surface area (Å²) in [5.74, 6) is -0.368. The van der Waals surface area contributed by atoms with E-state index in [4.69, 9.17) is 4.74 Å². The molecular formula is C20H20BrN3O5. The zero-order valence-corrected chi connectivity index (χ0v) is 17.7. The fourth-order valence-electron chi connectivity index (χ4n) is 4.20. The lowest BCUT2D eigenvalue weighted by Crippen LogP contribution is -2.38. The second-order valence-electron chi connectivity index (χ2n) is 8.14. The van der Waals surface area contributed by atoms with E-state index in [1.54, 1.807) is 12.1 Å². The molecule has 4 N–H and O–H groups in total. The van der Waals surface area contributed by atoms with E-state index in [-0.39, 0.29) is 34.1 Å². The Morgan fingerprint density at radius 2 is 1.90 bits per heavy atom. The van der Waals surface area contributed by atoms with Gasteiger partial charge < -0.3 is 15.2 Å². The molecule has 29 heavy (non-hydrogen) atoms. The minimum Gasteiger partial charge on any atom is -0.503 e. The van der Waals surface area contributed by atoms with E-state index in [9.17, 15) is 19.5 Å². The van der Waals surface area contributed by atoms with Crippen molar-refractivity contribution in [3.05, 3.63) is 59.8 Å². The number of allylic oxidation sites excluding steroid dienone is 2. The van der Waals surface area contributed by atoms with Gasteiger partial charge in [0.25, 0.3) is 5.56 Å². The number of aromatic amines is 2. The number of carbonyl (C=O) groups is 1. The summed E-state index contributed by atoms with van der Waals surface area (Å²) in [6, 6.07) is 3.25. The number of halogens is 1. The van der Waals surface area contributed by atoms with Crippen LogP contribution < -0.4 is 21.3 Å². The molecule has 2 aliphatic rings. The number of H-pyrrole nitrogens is 2. The van der Waals surface area contributed by atoms with Gasteiger partial charge in [-0.2, -0.15) is 0 Å². The molecule has 1 aromatic carbocycles. The summed E-state index contributed by atoms with van der Waals surface area (Å²) in [6.45, 7) is 4.00. The molecule has 1 unspecified atom stereocenters. The average Bonchev–Trinajstić information content (AvgIpc) is 2.60. The van der Waals surface area contributed by atoms with Crippen molar-refractivity contribution < 1.29 is 14.6 Å². The van der Waals surface area contributed by atoms with Crippen molar-refractivity contribution in [1.82, 2.24) is 9.97 Å². The van der Waals surface area contributed by atoms with Crippen LogP contribution in [0.25, 0.3) is 0 Å². The van der Waals surface area contributed by atoms with Gasteiger partial charge in [0.1, 0.15) is 5.82 Å². The Labute approximate surface area is 174 Å². The standard InChI is InChI=1S/C20H20BrN3O5/c1-20(2)6-10-14(11(25)7-20)13(8-4-9(21)16(26)12(5-8)29-3)15-17(22-10)23-19(28)24-18(15)27/h4-5,13,26H,6-7H2,1-3H3,(H3,22,23,24,27,28). The molecular weight excluding hydrogens is 442 g/mol. The van der Waals surface area contributed by atoms with Gasteiger partial charge in [0.15, 0.2) is 17.3 Å². The van der Waals surface area contributed by atoms with Crippen LogP contribution >= 0.6 is 15.9 Å². The molecule has 0 bridgehead atoms. The van der Waals surface area contributed by atoms with E-state index in [0.29, 0.717) is 34.1 Å². The van der Waals surface area contributed by atoms with Gasteiger partial charge in [-0.25, -0.2) is 4.79 Å². The summed E-state index contributed by atoms with van der Waals surface area (Å²) >= 11 is 3.31. The maximum atomic E-state index is 13.1. The number of carbonyl (C=O) groups excluding carboxylic acids is 1. The summed E-state index contributed by atoms with van der Waals surface area (Å²) in [6.07, 6.45) is 0.937. The molecule has 9 heteroatoms. The quantitative estimate of drug-likeness (QED) is 0.544. The first-order valence-corrected chi connectivity index (χ1v) is 9.87. The lowest BCUT2D eigenvalue weighted by Gasteiger charge is -2.38. The highest BCUT2D eigenvalue weighted by molar-refractivity contribution is 9.10. The maximum absolute atomic E-state index is 13.1. The summed E-state index contributed by atoms with van der Waals surface area (Å²) < 4.78 is 5.62. The van der Waals surface area contributed by atoms with Crippen LogP contribution in [0.4, 0.5) is 5.82 Å². The Bertz CT molecular complexity index is 1190. The molecule has 0 saturated heterocycles. The number of aromatic hydroxyl groups is 1. The number of phenols is 1. The molecule has 2 heterocycles. The van der Waals surface area contributed by atoms with Crippen LogP contribution in [-0.4, -0.2) is 28.0 Å². The number of anilines is 1. The summed E-state index contributed by atoms with van der Waals surface area (Å²) in [4.78, 5) is 42.6. The first-order valence-electron chi connectivity index (χ1n) is 9.07. The number of ether oxygens (including phenoxy) is 1. The predicted molar refractivity (Wildman–Crippen MR) is 111 cm³/mol. The number of aromatic nitrogens is 2. The topological polar surface area (TPSA) is 124 Å². The molecule has 2 aromatic rings. The summed E-state index contributed by atoms with van der Waals surface area (Å²) in [7, 11) is 1.42. The van der Waals surface area contributed by atoms with Crippen molar-refractivity contribution in [2.45, 2.75) is 32.6 Å². The van der Waals surface area contributed by atoms with E-state index in [0.717, 1.165) is 0 Å². The number of rotatable bonds is 2. The minimum atomic E-state index is -0.712. The third-order valence-electron chi connectivity index (χ3n) is 5.36. The van der Waals surface area contributed by atoms with Crippen molar-refractivity contribution >= 4 is 27.5 Å². The van der Waals surface area contributed by atoms with Crippen LogP contribution in [0.3, 0.4) is 0 Å².